The van der Waals surface area contributed by atoms with Crippen molar-refractivity contribution < 1.29 is 28.6 Å². The summed E-state index contributed by atoms with van der Waals surface area (Å²) in [5.74, 6) is -0.993. The molecule has 1 unspecified atom stereocenters. The molecule has 0 spiro atoms. The van der Waals surface area contributed by atoms with Crippen molar-refractivity contribution in [1.82, 2.24) is 0 Å². The summed E-state index contributed by atoms with van der Waals surface area (Å²) in [7, 11) is 0. The summed E-state index contributed by atoms with van der Waals surface area (Å²) in [6, 6.07) is 0. The third kappa shape index (κ3) is 49.6. The standard InChI is InChI=1S/C58H98O6/c1-4-7-10-13-16-19-22-25-27-28-29-31-33-36-39-42-45-48-51-57(60)63-54-55(53-62-56(59)50-47-44-41-38-35-32-24-21-18-15-12-9-6-3)64-58(61)52-49-46-43-40-37-34-30-26-23-20-17-14-11-8-5-2/h9,12,15,18,21,24,27-29,31-32,35,38,41,55H,4-8,10-11,13-14,16-17,19-20,22-23,25-26,30,33-34,36-37,39-40,42-54H2,1-3H3/b12-9+,18-15+,24-21+,28-27+,31-29+,35-32+,41-38+. The predicted molar refractivity (Wildman–Crippen MR) is 274 cm³/mol. The van der Waals surface area contributed by atoms with E-state index in [-0.39, 0.29) is 37.5 Å². The van der Waals surface area contributed by atoms with Crippen LogP contribution >= 0.6 is 0 Å². The highest BCUT2D eigenvalue weighted by molar-refractivity contribution is 5.71. The molecule has 0 rings (SSSR count). The maximum Gasteiger partial charge on any atom is 0.306 e. The lowest BCUT2D eigenvalue weighted by Gasteiger charge is -2.18. The molecule has 1 atom stereocenters. The van der Waals surface area contributed by atoms with Crippen LogP contribution in [0.2, 0.25) is 0 Å². The average molecular weight is 891 g/mol. The van der Waals surface area contributed by atoms with Crippen molar-refractivity contribution in [3.05, 3.63) is 85.1 Å². The zero-order chi connectivity index (χ0) is 46.5. The minimum Gasteiger partial charge on any atom is -0.462 e. The summed E-state index contributed by atoms with van der Waals surface area (Å²) >= 11 is 0. The first-order chi connectivity index (χ1) is 31.5. The van der Waals surface area contributed by atoms with Gasteiger partial charge in [0.05, 0.1) is 0 Å². The van der Waals surface area contributed by atoms with Gasteiger partial charge in [0.15, 0.2) is 6.10 Å². The van der Waals surface area contributed by atoms with E-state index in [2.05, 4.69) is 51.2 Å². The van der Waals surface area contributed by atoms with Gasteiger partial charge in [-0.05, 0) is 57.8 Å². The maximum absolute atomic E-state index is 12.8. The number of hydrogen-bond donors (Lipinski definition) is 0. The Morgan fingerprint density at radius 2 is 0.625 bits per heavy atom. The molecule has 0 saturated heterocycles. The van der Waals surface area contributed by atoms with Gasteiger partial charge in [-0.1, -0.05) is 254 Å². The average Bonchev–Trinajstić information content (AvgIpc) is 3.29. The second kappa shape index (κ2) is 52.2. The van der Waals surface area contributed by atoms with Crippen molar-refractivity contribution in [3.63, 3.8) is 0 Å². The van der Waals surface area contributed by atoms with E-state index >= 15 is 0 Å². The summed E-state index contributed by atoms with van der Waals surface area (Å²) in [6.45, 7) is 6.42. The molecule has 0 radical (unpaired) electrons. The van der Waals surface area contributed by atoms with Gasteiger partial charge in [-0.3, -0.25) is 14.4 Å². The minimum atomic E-state index is -0.810. The van der Waals surface area contributed by atoms with Gasteiger partial charge < -0.3 is 14.2 Å². The number of rotatable bonds is 47. The highest BCUT2D eigenvalue weighted by Crippen LogP contribution is 2.15. The molecule has 0 aromatic heterocycles. The van der Waals surface area contributed by atoms with E-state index in [9.17, 15) is 14.4 Å². The molecule has 0 amide bonds. The highest BCUT2D eigenvalue weighted by Gasteiger charge is 2.19. The van der Waals surface area contributed by atoms with Crippen molar-refractivity contribution in [2.45, 2.75) is 252 Å². The van der Waals surface area contributed by atoms with Crippen LogP contribution in [-0.4, -0.2) is 37.2 Å². The topological polar surface area (TPSA) is 78.9 Å². The van der Waals surface area contributed by atoms with Gasteiger partial charge in [0.2, 0.25) is 0 Å². The summed E-state index contributed by atoms with van der Waals surface area (Å²) in [6.07, 6.45) is 67.2. The third-order valence-corrected chi connectivity index (χ3v) is 11.3. The van der Waals surface area contributed by atoms with Gasteiger partial charge in [-0.15, -0.1) is 0 Å². The molecule has 6 heteroatoms. The Labute approximate surface area is 395 Å². The van der Waals surface area contributed by atoms with E-state index in [1.165, 1.54) is 128 Å². The molecule has 0 aromatic carbocycles. The van der Waals surface area contributed by atoms with E-state index in [4.69, 9.17) is 14.2 Å². The zero-order valence-corrected chi connectivity index (χ0v) is 41.8. The van der Waals surface area contributed by atoms with E-state index in [0.717, 1.165) is 70.6 Å². The fraction of sp³-hybridized carbons (Fsp3) is 0.707. The number of esters is 3. The van der Waals surface area contributed by atoms with Crippen LogP contribution in [-0.2, 0) is 28.6 Å². The molecule has 0 aliphatic heterocycles. The summed E-state index contributed by atoms with van der Waals surface area (Å²) in [4.78, 5) is 38.0. The van der Waals surface area contributed by atoms with Crippen LogP contribution in [0.15, 0.2) is 85.1 Å². The summed E-state index contributed by atoms with van der Waals surface area (Å²) < 4.78 is 16.7. The van der Waals surface area contributed by atoms with Crippen LogP contribution in [0.5, 0.6) is 0 Å². The van der Waals surface area contributed by atoms with Crippen LogP contribution < -0.4 is 0 Å². The van der Waals surface area contributed by atoms with Crippen LogP contribution in [0, 0.1) is 0 Å². The fourth-order valence-corrected chi connectivity index (χ4v) is 7.29. The second-order valence-electron chi connectivity index (χ2n) is 17.6. The van der Waals surface area contributed by atoms with E-state index in [1.807, 2.05) is 54.7 Å². The molecule has 0 aliphatic rings. The van der Waals surface area contributed by atoms with Crippen molar-refractivity contribution in [2.24, 2.45) is 0 Å². The van der Waals surface area contributed by atoms with E-state index < -0.39 is 6.10 Å². The van der Waals surface area contributed by atoms with Gasteiger partial charge >= 0.3 is 17.9 Å². The molecule has 0 N–H and O–H groups in total. The molecular weight excluding hydrogens is 793 g/mol. The predicted octanol–water partition coefficient (Wildman–Crippen LogP) is 17.6. The van der Waals surface area contributed by atoms with Crippen molar-refractivity contribution >= 4 is 17.9 Å². The summed E-state index contributed by atoms with van der Waals surface area (Å²) in [5, 5.41) is 0. The molecule has 0 fully saturated rings. The Bertz CT molecular complexity index is 1250. The van der Waals surface area contributed by atoms with Gasteiger partial charge in [-0.25, -0.2) is 0 Å². The Morgan fingerprint density at radius 1 is 0.328 bits per heavy atom. The van der Waals surface area contributed by atoms with Crippen molar-refractivity contribution in [2.75, 3.05) is 13.2 Å². The monoisotopic (exact) mass is 891 g/mol. The van der Waals surface area contributed by atoms with Crippen LogP contribution in [0.4, 0.5) is 0 Å². The molecule has 0 saturated carbocycles. The van der Waals surface area contributed by atoms with E-state index in [0.29, 0.717) is 19.3 Å². The van der Waals surface area contributed by atoms with Gasteiger partial charge in [-0.2, -0.15) is 0 Å². The summed E-state index contributed by atoms with van der Waals surface area (Å²) in [5.41, 5.74) is 0. The molecule has 64 heavy (non-hydrogen) atoms. The zero-order valence-electron chi connectivity index (χ0n) is 41.8. The number of hydrogen-bond acceptors (Lipinski definition) is 6. The molecule has 0 aliphatic carbocycles. The molecule has 6 nitrogen and oxygen atoms in total. The smallest absolute Gasteiger partial charge is 0.306 e. The molecule has 0 bridgehead atoms. The van der Waals surface area contributed by atoms with Gasteiger partial charge in [0.25, 0.3) is 0 Å². The van der Waals surface area contributed by atoms with Gasteiger partial charge in [0, 0.05) is 19.3 Å². The van der Waals surface area contributed by atoms with Crippen LogP contribution in [0.25, 0.3) is 0 Å². The molecule has 0 heterocycles. The van der Waals surface area contributed by atoms with Crippen LogP contribution in [0.3, 0.4) is 0 Å². The molecule has 0 aromatic rings. The lowest BCUT2D eigenvalue weighted by Crippen LogP contribution is -2.30. The van der Waals surface area contributed by atoms with Crippen LogP contribution in [0.1, 0.15) is 245 Å². The SMILES string of the molecule is CC/C=C/C=C/C=C/C=C/C=C/CCCC(=O)OCC(COC(=O)CCCCCCC/C=C/C=C/CCCCCCCCC)OC(=O)CCCCCCCCCCCCCCCCC. The Morgan fingerprint density at radius 3 is 1.03 bits per heavy atom. The largest absolute Gasteiger partial charge is 0.462 e. The van der Waals surface area contributed by atoms with Crippen molar-refractivity contribution in [3.8, 4) is 0 Å². The number of unbranched alkanes of at least 4 members (excludes halogenated alkanes) is 27. The number of ether oxygens (including phenoxy) is 3. The normalized spacial score (nSPS) is 12.7. The third-order valence-electron chi connectivity index (χ3n) is 11.3. The Kier molecular flexibility index (Phi) is 49.4. The van der Waals surface area contributed by atoms with E-state index in [1.54, 1.807) is 0 Å². The Hall–Kier alpha value is -3.41. The lowest BCUT2D eigenvalue weighted by molar-refractivity contribution is -0.167. The first-order valence-corrected chi connectivity index (χ1v) is 26.7. The number of carbonyl (C=O) groups is 3. The molecule has 366 valence electrons. The van der Waals surface area contributed by atoms with Gasteiger partial charge in [0.1, 0.15) is 13.2 Å². The maximum atomic E-state index is 12.8. The highest BCUT2D eigenvalue weighted by atomic mass is 16.6. The first kappa shape index (κ1) is 60.6. The lowest BCUT2D eigenvalue weighted by atomic mass is 10.0. The second-order valence-corrected chi connectivity index (χ2v) is 17.6. The minimum absolute atomic E-state index is 0.106. The Balaban J connectivity index is 4.47. The van der Waals surface area contributed by atoms with Crippen molar-refractivity contribution in [1.29, 1.82) is 0 Å². The number of allylic oxidation sites excluding steroid dienone is 14. The number of carbonyl (C=O) groups excluding carboxylic acids is 3. The fourth-order valence-electron chi connectivity index (χ4n) is 7.29. The quantitative estimate of drug-likeness (QED) is 0.0262. The first-order valence-electron chi connectivity index (χ1n) is 26.7. The molecular formula is C58H98O6.